The molecule has 0 aromatic heterocycles. The topological polar surface area (TPSA) is 94.8 Å². The van der Waals surface area contributed by atoms with Gasteiger partial charge in [-0.1, -0.05) is 70.7 Å². The molecule has 0 radical (unpaired) electrons. The summed E-state index contributed by atoms with van der Waals surface area (Å²) in [4.78, 5) is 0. The first-order chi connectivity index (χ1) is 13.5. The molecule has 0 saturated carbocycles. The summed E-state index contributed by atoms with van der Waals surface area (Å²) >= 11 is 24.4. The average Bonchev–Trinajstić information content (AvgIpc) is 2.61. The predicted molar refractivity (Wildman–Crippen MR) is 114 cm³/mol. The van der Waals surface area contributed by atoms with E-state index in [1.807, 2.05) is 0 Å². The smallest absolute Gasteiger partial charge is 0.283 e. The molecule has 3 rings (SSSR count). The highest BCUT2D eigenvalue weighted by atomic mass is 35.5. The summed E-state index contributed by atoms with van der Waals surface area (Å²) in [5.74, 6) is -1.03. The lowest BCUT2D eigenvalue weighted by Gasteiger charge is -2.34. The molecule has 1 unspecified atom stereocenters. The van der Waals surface area contributed by atoms with E-state index < -0.39 is 26.4 Å². The number of phenolic OH excluding ortho intramolecular Hbond substituents is 2. The molecule has 5 nitrogen and oxygen atoms in total. The Morgan fingerprint density at radius 1 is 0.690 bits per heavy atom. The molecular formula is C19H12Cl4O5S. The van der Waals surface area contributed by atoms with E-state index in [-0.39, 0.29) is 36.8 Å². The summed E-state index contributed by atoms with van der Waals surface area (Å²) in [6.45, 7) is 0. The fraction of sp³-hybridized carbons (Fsp3) is 0.0526. The fourth-order valence-corrected chi connectivity index (χ4v) is 5.64. The van der Waals surface area contributed by atoms with Crippen LogP contribution in [-0.4, -0.2) is 23.2 Å². The second-order valence-corrected chi connectivity index (χ2v) is 9.30. The Morgan fingerprint density at radius 2 is 1.34 bits per heavy atom. The van der Waals surface area contributed by atoms with Crippen molar-refractivity contribution < 1.29 is 23.2 Å². The SMILES string of the molecule is O=S(=O)(O)C(c1ccc(Cl)cc1O)(c1ccccc1Cl)c1cc(O)c(Cl)cc1Cl. The van der Waals surface area contributed by atoms with Crippen LogP contribution in [0.5, 0.6) is 11.5 Å². The van der Waals surface area contributed by atoms with E-state index in [0.29, 0.717) is 0 Å². The van der Waals surface area contributed by atoms with Crippen molar-refractivity contribution >= 4 is 56.5 Å². The third-order valence-corrected chi connectivity index (χ3v) is 7.01. The molecule has 0 spiro atoms. The van der Waals surface area contributed by atoms with Gasteiger partial charge >= 0.3 is 0 Å². The highest BCUT2D eigenvalue weighted by Crippen LogP contribution is 2.52. The van der Waals surface area contributed by atoms with Crippen molar-refractivity contribution in [2.75, 3.05) is 0 Å². The Kier molecular flexibility index (Phi) is 5.98. The normalized spacial score (nSPS) is 13.8. The Hall–Kier alpha value is -1.67. The standard InChI is InChI=1S/C19H12Cl4O5S/c20-10-5-6-12(17(24)7-10)19(29(26,27)28,11-3-1-2-4-14(11)21)13-8-18(25)16(23)9-15(13)22/h1-9,24-25H,(H,26,27,28). The average molecular weight is 494 g/mol. The molecule has 152 valence electrons. The van der Waals surface area contributed by atoms with Gasteiger partial charge in [-0.3, -0.25) is 4.55 Å². The van der Waals surface area contributed by atoms with Crippen molar-refractivity contribution in [3.8, 4) is 11.5 Å². The Balaban J connectivity index is 2.63. The second-order valence-electron chi connectivity index (χ2n) is 6.08. The molecule has 29 heavy (non-hydrogen) atoms. The van der Waals surface area contributed by atoms with Gasteiger partial charge in [-0.2, -0.15) is 8.42 Å². The van der Waals surface area contributed by atoms with E-state index in [1.54, 1.807) is 6.07 Å². The Labute approximate surface area is 186 Å². The molecule has 3 aromatic carbocycles. The van der Waals surface area contributed by atoms with Gasteiger partial charge in [0.1, 0.15) is 11.5 Å². The minimum Gasteiger partial charge on any atom is -0.508 e. The van der Waals surface area contributed by atoms with Crippen molar-refractivity contribution in [2.24, 2.45) is 0 Å². The van der Waals surface area contributed by atoms with E-state index in [1.165, 1.54) is 30.3 Å². The van der Waals surface area contributed by atoms with Gasteiger partial charge in [-0.05, 0) is 30.3 Å². The summed E-state index contributed by atoms with van der Waals surface area (Å²) in [5, 5.41) is 20.5. The van der Waals surface area contributed by atoms with Crippen molar-refractivity contribution in [3.05, 3.63) is 91.4 Å². The molecular weight excluding hydrogens is 482 g/mol. The second kappa shape index (κ2) is 7.87. The van der Waals surface area contributed by atoms with E-state index >= 15 is 0 Å². The number of halogens is 4. The lowest BCUT2D eigenvalue weighted by molar-refractivity contribution is 0.439. The quantitative estimate of drug-likeness (QED) is 0.311. The summed E-state index contributed by atoms with van der Waals surface area (Å²) in [5.41, 5.74) is -0.652. The minimum atomic E-state index is -5.12. The van der Waals surface area contributed by atoms with Crippen LogP contribution in [0.25, 0.3) is 0 Å². The zero-order valence-electron chi connectivity index (χ0n) is 14.3. The van der Waals surface area contributed by atoms with Crippen LogP contribution in [0.15, 0.2) is 54.6 Å². The number of rotatable bonds is 4. The maximum absolute atomic E-state index is 13.0. The first-order valence-corrected chi connectivity index (χ1v) is 10.8. The summed E-state index contributed by atoms with van der Waals surface area (Å²) in [6.07, 6.45) is 0. The van der Waals surface area contributed by atoms with Crippen LogP contribution in [0.2, 0.25) is 20.1 Å². The zero-order valence-corrected chi connectivity index (χ0v) is 18.1. The zero-order chi connectivity index (χ0) is 21.6. The highest BCUT2D eigenvalue weighted by Gasteiger charge is 2.52. The molecule has 0 aliphatic heterocycles. The van der Waals surface area contributed by atoms with Crippen LogP contribution in [0.4, 0.5) is 0 Å². The lowest BCUT2D eigenvalue weighted by Crippen LogP contribution is -2.39. The van der Waals surface area contributed by atoms with E-state index in [0.717, 1.165) is 18.2 Å². The fourth-order valence-electron chi connectivity index (χ4n) is 3.21. The number of hydrogen-bond donors (Lipinski definition) is 3. The predicted octanol–water partition coefficient (Wildman–Crippen LogP) is 5.89. The molecule has 0 aliphatic carbocycles. The van der Waals surface area contributed by atoms with Gasteiger partial charge in [0.2, 0.25) is 0 Å². The molecule has 0 saturated heterocycles. The number of aromatic hydroxyl groups is 2. The Bertz CT molecular complexity index is 1210. The van der Waals surface area contributed by atoms with Gasteiger partial charge in [-0.25, -0.2) is 0 Å². The molecule has 1 atom stereocenters. The largest absolute Gasteiger partial charge is 0.508 e. The third kappa shape index (κ3) is 3.65. The summed E-state index contributed by atoms with van der Waals surface area (Å²) in [6, 6.07) is 11.6. The maximum atomic E-state index is 13.0. The van der Waals surface area contributed by atoms with E-state index in [9.17, 15) is 23.2 Å². The van der Waals surface area contributed by atoms with Crippen molar-refractivity contribution in [2.45, 2.75) is 4.75 Å². The molecule has 0 fully saturated rings. The van der Waals surface area contributed by atoms with E-state index in [4.69, 9.17) is 46.4 Å². The summed E-state index contributed by atoms with van der Waals surface area (Å²) < 4.78 is 33.9. The maximum Gasteiger partial charge on any atom is 0.283 e. The van der Waals surface area contributed by atoms with Crippen molar-refractivity contribution in [1.29, 1.82) is 0 Å². The van der Waals surface area contributed by atoms with Gasteiger partial charge in [0, 0.05) is 31.8 Å². The van der Waals surface area contributed by atoms with E-state index in [2.05, 4.69) is 0 Å². The highest BCUT2D eigenvalue weighted by molar-refractivity contribution is 7.87. The monoisotopic (exact) mass is 492 g/mol. The van der Waals surface area contributed by atoms with Crippen LogP contribution < -0.4 is 0 Å². The minimum absolute atomic E-state index is 0.0371. The van der Waals surface area contributed by atoms with Crippen LogP contribution in [-0.2, 0) is 14.9 Å². The molecule has 0 aliphatic rings. The molecule has 3 aromatic rings. The van der Waals surface area contributed by atoms with Crippen LogP contribution in [0.3, 0.4) is 0 Å². The number of phenols is 2. The Morgan fingerprint density at radius 3 is 1.93 bits per heavy atom. The molecule has 0 bridgehead atoms. The molecule has 0 amide bonds. The first kappa shape index (κ1) is 22.0. The first-order valence-electron chi connectivity index (χ1n) is 7.89. The lowest BCUT2D eigenvalue weighted by atomic mass is 9.83. The van der Waals surface area contributed by atoms with Gasteiger partial charge < -0.3 is 10.2 Å². The molecule has 0 heterocycles. The van der Waals surface area contributed by atoms with Crippen molar-refractivity contribution in [1.82, 2.24) is 0 Å². The van der Waals surface area contributed by atoms with Crippen LogP contribution in [0.1, 0.15) is 16.7 Å². The third-order valence-electron chi connectivity index (χ3n) is 4.39. The summed E-state index contributed by atoms with van der Waals surface area (Å²) in [7, 11) is -5.12. The van der Waals surface area contributed by atoms with Crippen LogP contribution in [0, 0.1) is 0 Å². The number of hydrogen-bond acceptors (Lipinski definition) is 4. The van der Waals surface area contributed by atoms with Gasteiger partial charge in [-0.15, -0.1) is 0 Å². The van der Waals surface area contributed by atoms with Gasteiger partial charge in [0.05, 0.1) is 5.02 Å². The number of benzene rings is 3. The van der Waals surface area contributed by atoms with Crippen LogP contribution >= 0.6 is 46.4 Å². The van der Waals surface area contributed by atoms with Gasteiger partial charge in [0.15, 0.2) is 4.75 Å². The molecule has 3 N–H and O–H groups in total. The molecule has 10 heteroatoms. The van der Waals surface area contributed by atoms with Gasteiger partial charge in [0.25, 0.3) is 10.1 Å². The van der Waals surface area contributed by atoms with Crippen molar-refractivity contribution in [3.63, 3.8) is 0 Å².